The first-order chi connectivity index (χ1) is 9.47. The van der Waals surface area contributed by atoms with Gasteiger partial charge in [0.2, 0.25) is 0 Å². The molecule has 108 valence electrons. The molecule has 0 aromatic heterocycles. The maximum atomic E-state index is 13.2. The number of benzene rings is 1. The smallest absolute Gasteiger partial charge is 0.322 e. The van der Waals surface area contributed by atoms with Crippen LogP contribution in [0.2, 0.25) is 0 Å². The molecular weight excluding hydrogens is 263 g/mol. The number of carboxylic acids is 1. The summed E-state index contributed by atoms with van der Waals surface area (Å²) in [5.74, 6) is -1.36. The number of hydrogen-bond acceptors (Lipinski definition) is 2. The van der Waals surface area contributed by atoms with E-state index in [0.717, 1.165) is 18.4 Å². The second kappa shape index (κ2) is 5.90. The van der Waals surface area contributed by atoms with Gasteiger partial charge in [-0.2, -0.15) is 0 Å². The van der Waals surface area contributed by atoms with Gasteiger partial charge in [0.1, 0.15) is 5.82 Å². The summed E-state index contributed by atoms with van der Waals surface area (Å²) in [7, 11) is 0. The monoisotopic (exact) mass is 280 g/mol. The van der Waals surface area contributed by atoms with Gasteiger partial charge < -0.3 is 15.3 Å². The van der Waals surface area contributed by atoms with Gasteiger partial charge in [-0.3, -0.25) is 4.79 Å². The van der Waals surface area contributed by atoms with Gasteiger partial charge in [0, 0.05) is 18.3 Å². The number of nitrogens with zero attached hydrogens (tertiary/aromatic N) is 1. The Bertz CT molecular complexity index is 529. The van der Waals surface area contributed by atoms with E-state index in [4.69, 9.17) is 5.11 Å². The number of rotatable bonds is 5. The molecule has 0 atom stereocenters. The largest absolute Gasteiger partial charge is 0.481 e. The van der Waals surface area contributed by atoms with Crippen LogP contribution in [0.1, 0.15) is 24.8 Å². The lowest BCUT2D eigenvalue weighted by Crippen LogP contribution is -2.38. The summed E-state index contributed by atoms with van der Waals surface area (Å²) in [5.41, 5.74) is 1.17. The summed E-state index contributed by atoms with van der Waals surface area (Å²) in [5, 5.41) is 11.4. The van der Waals surface area contributed by atoms with Crippen molar-refractivity contribution in [1.82, 2.24) is 4.90 Å². The van der Waals surface area contributed by atoms with Crippen molar-refractivity contribution in [2.24, 2.45) is 0 Å². The van der Waals surface area contributed by atoms with Gasteiger partial charge in [-0.15, -0.1) is 0 Å². The number of carbonyl (C=O) groups excluding carboxylic acids is 1. The van der Waals surface area contributed by atoms with Gasteiger partial charge in [0.15, 0.2) is 0 Å². The number of aryl methyl sites for hydroxylation is 1. The molecule has 1 saturated carbocycles. The maximum Gasteiger partial charge on any atom is 0.322 e. The van der Waals surface area contributed by atoms with Crippen molar-refractivity contribution in [3.8, 4) is 0 Å². The molecule has 0 spiro atoms. The standard InChI is InChI=1S/C14H17FN2O3/c1-9-2-3-10(15)8-12(9)16-14(20)17(11-4-5-11)7-6-13(18)19/h2-3,8,11H,4-7H2,1H3,(H,16,20)(H,18,19). The van der Waals surface area contributed by atoms with E-state index in [1.54, 1.807) is 13.0 Å². The van der Waals surface area contributed by atoms with Crippen LogP contribution in [0.15, 0.2) is 18.2 Å². The number of anilines is 1. The average Bonchev–Trinajstić information content (AvgIpc) is 3.18. The Kier molecular flexibility index (Phi) is 4.22. The fraction of sp³-hybridized carbons (Fsp3) is 0.429. The molecular formula is C14H17FN2O3. The Morgan fingerprint density at radius 3 is 2.75 bits per heavy atom. The lowest BCUT2D eigenvalue weighted by atomic mass is 10.2. The number of hydrogen-bond donors (Lipinski definition) is 2. The van der Waals surface area contributed by atoms with E-state index in [9.17, 15) is 14.0 Å². The Labute approximate surface area is 116 Å². The fourth-order valence-corrected chi connectivity index (χ4v) is 1.97. The molecule has 1 aromatic rings. The Balaban J connectivity index is 2.04. The third-order valence-electron chi connectivity index (χ3n) is 3.26. The van der Waals surface area contributed by atoms with E-state index in [1.807, 2.05) is 0 Å². The van der Waals surface area contributed by atoms with Crippen molar-refractivity contribution in [3.05, 3.63) is 29.6 Å². The highest BCUT2D eigenvalue weighted by Gasteiger charge is 2.32. The number of urea groups is 1. The normalized spacial score (nSPS) is 13.9. The molecule has 20 heavy (non-hydrogen) atoms. The minimum absolute atomic E-state index is 0.0912. The third-order valence-corrected chi connectivity index (χ3v) is 3.26. The van der Waals surface area contributed by atoms with Crippen LogP contribution in [-0.2, 0) is 4.79 Å². The van der Waals surface area contributed by atoms with E-state index in [1.165, 1.54) is 17.0 Å². The van der Waals surface area contributed by atoms with Crippen LogP contribution >= 0.6 is 0 Å². The molecule has 5 nitrogen and oxygen atoms in total. The van der Waals surface area contributed by atoms with Crippen molar-refractivity contribution < 1.29 is 19.1 Å². The third kappa shape index (κ3) is 3.69. The molecule has 1 aliphatic rings. The second-order valence-electron chi connectivity index (χ2n) is 4.96. The highest BCUT2D eigenvalue weighted by molar-refractivity contribution is 5.90. The summed E-state index contributed by atoms with van der Waals surface area (Å²) in [4.78, 5) is 24.3. The van der Waals surface area contributed by atoms with Crippen LogP contribution in [0.5, 0.6) is 0 Å². The number of halogens is 1. The lowest BCUT2D eigenvalue weighted by molar-refractivity contribution is -0.137. The van der Waals surface area contributed by atoms with Crippen LogP contribution in [0.25, 0.3) is 0 Å². The summed E-state index contributed by atoms with van der Waals surface area (Å²) in [6.07, 6.45) is 1.68. The highest BCUT2D eigenvalue weighted by Crippen LogP contribution is 2.28. The number of amides is 2. The first kappa shape index (κ1) is 14.3. The van der Waals surface area contributed by atoms with Crippen molar-refractivity contribution >= 4 is 17.7 Å². The van der Waals surface area contributed by atoms with E-state index in [2.05, 4.69) is 5.32 Å². The maximum absolute atomic E-state index is 13.2. The first-order valence-corrected chi connectivity index (χ1v) is 6.53. The predicted molar refractivity (Wildman–Crippen MR) is 72.1 cm³/mol. The van der Waals surface area contributed by atoms with Crippen LogP contribution in [-0.4, -0.2) is 34.6 Å². The van der Waals surface area contributed by atoms with Crippen molar-refractivity contribution in [2.45, 2.75) is 32.2 Å². The van der Waals surface area contributed by atoms with E-state index in [-0.39, 0.29) is 25.0 Å². The molecule has 2 amide bonds. The minimum Gasteiger partial charge on any atom is -0.481 e. The molecule has 0 aliphatic heterocycles. The van der Waals surface area contributed by atoms with E-state index in [0.29, 0.717) is 5.69 Å². The van der Waals surface area contributed by atoms with Gasteiger partial charge in [-0.1, -0.05) is 6.07 Å². The van der Waals surface area contributed by atoms with Crippen LogP contribution in [0.3, 0.4) is 0 Å². The second-order valence-corrected chi connectivity index (χ2v) is 4.96. The van der Waals surface area contributed by atoms with Crippen LogP contribution < -0.4 is 5.32 Å². The number of nitrogens with one attached hydrogen (secondary N) is 1. The summed E-state index contributed by atoms with van der Waals surface area (Å²) >= 11 is 0. The van der Waals surface area contributed by atoms with E-state index >= 15 is 0 Å². The lowest BCUT2D eigenvalue weighted by Gasteiger charge is -2.22. The van der Waals surface area contributed by atoms with Crippen molar-refractivity contribution in [3.63, 3.8) is 0 Å². The molecule has 2 rings (SSSR count). The number of aliphatic carboxylic acids is 1. The summed E-state index contributed by atoms with van der Waals surface area (Å²) in [6, 6.07) is 3.90. The number of carboxylic acid groups (broad SMARTS) is 1. The van der Waals surface area contributed by atoms with Gasteiger partial charge in [0.25, 0.3) is 0 Å². The molecule has 1 fully saturated rings. The Morgan fingerprint density at radius 2 is 2.15 bits per heavy atom. The molecule has 1 aliphatic carbocycles. The van der Waals surface area contributed by atoms with Crippen molar-refractivity contribution in [1.29, 1.82) is 0 Å². The molecule has 0 unspecified atom stereocenters. The SMILES string of the molecule is Cc1ccc(F)cc1NC(=O)N(CCC(=O)O)C1CC1. The Morgan fingerprint density at radius 1 is 1.45 bits per heavy atom. The minimum atomic E-state index is -0.939. The fourth-order valence-electron chi connectivity index (χ4n) is 1.97. The Hall–Kier alpha value is -2.11. The summed E-state index contributed by atoms with van der Waals surface area (Å²) in [6.45, 7) is 1.94. The zero-order valence-corrected chi connectivity index (χ0v) is 11.2. The first-order valence-electron chi connectivity index (χ1n) is 6.53. The van der Waals surface area contributed by atoms with Gasteiger partial charge in [-0.05, 0) is 37.5 Å². The quantitative estimate of drug-likeness (QED) is 0.871. The summed E-state index contributed by atoms with van der Waals surface area (Å²) < 4.78 is 13.2. The van der Waals surface area contributed by atoms with Crippen LogP contribution in [0, 0.1) is 12.7 Å². The molecule has 6 heteroatoms. The topological polar surface area (TPSA) is 69.6 Å². The number of carbonyl (C=O) groups is 2. The van der Waals surface area contributed by atoms with Crippen LogP contribution in [0.4, 0.5) is 14.9 Å². The molecule has 0 heterocycles. The van der Waals surface area contributed by atoms with Gasteiger partial charge in [-0.25, -0.2) is 9.18 Å². The zero-order chi connectivity index (χ0) is 14.7. The highest BCUT2D eigenvalue weighted by atomic mass is 19.1. The van der Waals surface area contributed by atoms with E-state index < -0.39 is 11.8 Å². The average molecular weight is 280 g/mol. The molecule has 0 saturated heterocycles. The van der Waals surface area contributed by atoms with Gasteiger partial charge >= 0.3 is 12.0 Å². The zero-order valence-electron chi connectivity index (χ0n) is 11.2. The molecule has 0 bridgehead atoms. The molecule has 0 radical (unpaired) electrons. The van der Waals surface area contributed by atoms with Gasteiger partial charge in [0.05, 0.1) is 6.42 Å². The predicted octanol–water partition coefficient (Wildman–Crippen LogP) is 2.61. The van der Waals surface area contributed by atoms with Crippen molar-refractivity contribution in [2.75, 3.05) is 11.9 Å². The molecule has 1 aromatic carbocycles. The molecule has 2 N–H and O–H groups in total.